The van der Waals surface area contributed by atoms with Crippen molar-refractivity contribution in [2.24, 2.45) is 5.14 Å². The van der Waals surface area contributed by atoms with Crippen molar-refractivity contribution in [2.75, 3.05) is 10.6 Å². The van der Waals surface area contributed by atoms with Crippen LogP contribution >= 0.6 is 11.3 Å². The Morgan fingerprint density at radius 2 is 1.74 bits per heavy atom. The number of aromatic nitrogens is 1. The molecule has 158 valence electrons. The van der Waals surface area contributed by atoms with E-state index in [4.69, 9.17) is 5.14 Å². The standard InChI is InChI=1S/C22H20N4O3S2/c1-14(21(27)25-16-9-11-18(12-10-16)31(23,28)29)24-17-6-4-5-15(13-17)22-26-19-7-2-3-8-20(19)30-22/h2-14,24H,1H3,(H,25,27)(H2,23,28,29)/t14-/m0/s1. The Bertz CT molecular complexity index is 1320. The minimum Gasteiger partial charge on any atom is -0.374 e. The summed E-state index contributed by atoms with van der Waals surface area (Å²) in [6.45, 7) is 1.75. The van der Waals surface area contributed by atoms with E-state index in [9.17, 15) is 13.2 Å². The summed E-state index contributed by atoms with van der Waals surface area (Å²) in [6, 6.07) is 20.9. The van der Waals surface area contributed by atoms with Gasteiger partial charge in [0.25, 0.3) is 0 Å². The first-order chi connectivity index (χ1) is 14.8. The number of nitrogens with zero attached hydrogens (tertiary/aromatic N) is 1. The number of sulfonamides is 1. The molecular weight excluding hydrogens is 432 g/mol. The smallest absolute Gasteiger partial charge is 0.246 e. The number of primary sulfonamides is 1. The Morgan fingerprint density at radius 1 is 1.00 bits per heavy atom. The number of thiazole rings is 1. The van der Waals surface area contributed by atoms with Crippen LogP contribution in [0.25, 0.3) is 20.8 Å². The van der Waals surface area contributed by atoms with E-state index in [-0.39, 0.29) is 10.8 Å². The van der Waals surface area contributed by atoms with Gasteiger partial charge in [0, 0.05) is 16.9 Å². The van der Waals surface area contributed by atoms with Gasteiger partial charge >= 0.3 is 0 Å². The van der Waals surface area contributed by atoms with E-state index in [0.717, 1.165) is 26.5 Å². The number of rotatable bonds is 6. The van der Waals surface area contributed by atoms with E-state index in [1.807, 2.05) is 48.5 Å². The first-order valence-corrected chi connectivity index (χ1v) is 11.8. The van der Waals surface area contributed by atoms with Crippen LogP contribution in [0.3, 0.4) is 0 Å². The lowest BCUT2D eigenvalue weighted by Gasteiger charge is -2.16. The molecule has 0 spiro atoms. The summed E-state index contributed by atoms with van der Waals surface area (Å²) in [5.41, 5.74) is 3.21. The van der Waals surface area contributed by atoms with Gasteiger partial charge in [0.05, 0.1) is 15.1 Å². The molecule has 0 fully saturated rings. The number of carbonyl (C=O) groups excluding carboxylic acids is 1. The van der Waals surface area contributed by atoms with Crippen LogP contribution in [-0.4, -0.2) is 25.4 Å². The molecule has 3 aromatic carbocycles. The van der Waals surface area contributed by atoms with E-state index in [1.165, 1.54) is 24.3 Å². The number of amides is 1. The maximum Gasteiger partial charge on any atom is 0.246 e. The van der Waals surface area contributed by atoms with E-state index < -0.39 is 16.1 Å². The van der Waals surface area contributed by atoms with Crippen molar-refractivity contribution < 1.29 is 13.2 Å². The zero-order chi connectivity index (χ0) is 22.0. The molecule has 31 heavy (non-hydrogen) atoms. The quantitative estimate of drug-likeness (QED) is 0.408. The van der Waals surface area contributed by atoms with Gasteiger partial charge in [-0.05, 0) is 55.5 Å². The van der Waals surface area contributed by atoms with Crippen molar-refractivity contribution in [1.82, 2.24) is 4.98 Å². The van der Waals surface area contributed by atoms with Crippen LogP contribution in [0.4, 0.5) is 11.4 Å². The Balaban J connectivity index is 1.45. The van der Waals surface area contributed by atoms with Gasteiger partial charge in [0.1, 0.15) is 11.0 Å². The number of para-hydroxylation sites is 1. The normalized spacial score (nSPS) is 12.5. The van der Waals surface area contributed by atoms with E-state index >= 15 is 0 Å². The first kappa shape index (κ1) is 21.0. The molecular formula is C22H20N4O3S2. The third-order valence-corrected chi connectivity index (χ3v) is 6.64. The minimum atomic E-state index is -3.77. The SMILES string of the molecule is C[C@H](Nc1cccc(-c2nc3ccccc3s2)c1)C(=O)Nc1ccc(S(N)(=O)=O)cc1. The maximum atomic E-state index is 12.5. The second-order valence-corrected chi connectivity index (χ2v) is 9.58. The highest BCUT2D eigenvalue weighted by atomic mass is 32.2. The lowest BCUT2D eigenvalue weighted by atomic mass is 10.2. The number of carbonyl (C=O) groups is 1. The molecule has 1 atom stereocenters. The van der Waals surface area contributed by atoms with Crippen LogP contribution in [0.1, 0.15) is 6.92 Å². The van der Waals surface area contributed by atoms with Crippen LogP contribution < -0.4 is 15.8 Å². The molecule has 0 saturated heterocycles. The zero-order valence-electron chi connectivity index (χ0n) is 16.6. The lowest BCUT2D eigenvalue weighted by Crippen LogP contribution is -2.31. The van der Waals surface area contributed by atoms with E-state index in [0.29, 0.717) is 5.69 Å². The van der Waals surface area contributed by atoms with Gasteiger partial charge in [-0.3, -0.25) is 4.79 Å². The molecule has 0 unspecified atom stereocenters. The van der Waals surface area contributed by atoms with Gasteiger partial charge in [-0.25, -0.2) is 18.5 Å². The molecule has 0 aliphatic rings. The average Bonchev–Trinajstić information content (AvgIpc) is 3.18. The lowest BCUT2D eigenvalue weighted by molar-refractivity contribution is -0.116. The fraction of sp³-hybridized carbons (Fsp3) is 0.0909. The number of nitrogens with two attached hydrogens (primary N) is 1. The van der Waals surface area contributed by atoms with Gasteiger partial charge in [0.2, 0.25) is 15.9 Å². The summed E-state index contributed by atoms with van der Waals surface area (Å²) in [5.74, 6) is -0.256. The summed E-state index contributed by atoms with van der Waals surface area (Å²) in [4.78, 5) is 17.2. The van der Waals surface area contributed by atoms with Crippen molar-refractivity contribution in [3.05, 3.63) is 72.8 Å². The second kappa shape index (κ2) is 8.46. The summed E-state index contributed by atoms with van der Waals surface area (Å²) < 4.78 is 23.8. The maximum absolute atomic E-state index is 12.5. The monoisotopic (exact) mass is 452 g/mol. The van der Waals surface area contributed by atoms with Crippen LogP contribution in [0.15, 0.2) is 77.7 Å². The number of hydrogen-bond acceptors (Lipinski definition) is 6. The van der Waals surface area contributed by atoms with Crippen LogP contribution in [0.2, 0.25) is 0 Å². The van der Waals surface area contributed by atoms with Crippen molar-refractivity contribution in [2.45, 2.75) is 17.9 Å². The Hall–Kier alpha value is -3.27. The van der Waals surface area contributed by atoms with Crippen molar-refractivity contribution in [3.8, 4) is 10.6 Å². The molecule has 0 bridgehead atoms. The topological polar surface area (TPSA) is 114 Å². The molecule has 0 radical (unpaired) electrons. The molecule has 0 aliphatic heterocycles. The van der Waals surface area contributed by atoms with Gasteiger partial charge in [-0.2, -0.15) is 0 Å². The summed E-state index contributed by atoms with van der Waals surface area (Å²) in [5, 5.41) is 12.0. The molecule has 1 amide bonds. The van der Waals surface area contributed by atoms with Gasteiger partial charge in [-0.1, -0.05) is 24.3 Å². The van der Waals surface area contributed by atoms with E-state index in [1.54, 1.807) is 18.3 Å². The van der Waals surface area contributed by atoms with E-state index in [2.05, 4.69) is 15.6 Å². The molecule has 0 aliphatic carbocycles. The van der Waals surface area contributed by atoms with Gasteiger partial charge < -0.3 is 10.6 Å². The fourth-order valence-electron chi connectivity index (χ4n) is 3.03. The Morgan fingerprint density at radius 3 is 2.45 bits per heavy atom. The third kappa shape index (κ3) is 4.91. The Labute approximate surface area is 184 Å². The molecule has 4 N–H and O–H groups in total. The Kier molecular flexibility index (Phi) is 5.73. The molecule has 1 aromatic heterocycles. The predicted octanol–water partition coefficient (Wildman–Crippen LogP) is 4.05. The average molecular weight is 453 g/mol. The molecule has 1 heterocycles. The molecule has 4 rings (SSSR count). The third-order valence-electron chi connectivity index (χ3n) is 4.63. The summed E-state index contributed by atoms with van der Waals surface area (Å²) in [7, 11) is -3.77. The number of benzene rings is 3. The highest BCUT2D eigenvalue weighted by Gasteiger charge is 2.15. The highest BCUT2D eigenvalue weighted by molar-refractivity contribution is 7.89. The zero-order valence-corrected chi connectivity index (χ0v) is 18.2. The predicted molar refractivity (Wildman–Crippen MR) is 125 cm³/mol. The van der Waals surface area contributed by atoms with Crippen molar-refractivity contribution in [3.63, 3.8) is 0 Å². The number of hydrogen-bond donors (Lipinski definition) is 3. The molecule has 0 saturated carbocycles. The largest absolute Gasteiger partial charge is 0.374 e. The number of fused-ring (bicyclic) bond motifs is 1. The first-order valence-electron chi connectivity index (χ1n) is 9.46. The van der Waals surface area contributed by atoms with Crippen LogP contribution in [0, 0.1) is 0 Å². The second-order valence-electron chi connectivity index (χ2n) is 6.99. The van der Waals surface area contributed by atoms with Crippen LogP contribution in [-0.2, 0) is 14.8 Å². The van der Waals surface area contributed by atoms with Crippen molar-refractivity contribution >= 4 is 48.9 Å². The van der Waals surface area contributed by atoms with Crippen LogP contribution in [0.5, 0.6) is 0 Å². The summed E-state index contributed by atoms with van der Waals surface area (Å²) in [6.07, 6.45) is 0. The molecule has 7 nitrogen and oxygen atoms in total. The van der Waals surface area contributed by atoms with Crippen molar-refractivity contribution in [1.29, 1.82) is 0 Å². The fourth-order valence-corrected chi connectivity index (χ4v) is 4.51. The molecule has 9 heteroatoms. The minimum absolute atomic E-state index is 0.0108. The number of anilines is 2. The summed E-state index contributed by atoms with van der Waals surface area (Å²) >= 11 is 1.62. The highest BCUT2D eigenvalue weighted by Crippen LogP contribution is 2.31. The van der Waals surface area contributed by atoms with Gasteiger partial charge in [0.15, 0.2) is 0 Å². The number of nitrogens with one attached hydrogen (secondary N) is 2. The van der Waals surface area contributed by atoms with Gasteiger partial charge in [-0.15, -0.1) is 11.3 Å². The molecule has 4 aromatic rings.